The number of rotatable bonds is 1. The largest absolute Gasteiger partial charge is 0.336 e. The van der Waals surface area contributed by atoms with Gasteiger partial charge in [-0.05, 0) is 12.1 Å². The zero-order valence-electron chi connectivity index (χ0n) is 8.67. The van der Waals surface area contributed by atoms with E-state index in [0.717, 1.165) is 13.1 Å². The molecule has 3 nitrogen and oxygen atoms in total. The molecule has 1 aliphatic rings. The van der Waals surface area contributed by atoms with Gasteiger partial charge in [0, 0.05) is 26.2 Å². The van der Waals surface area contributed by atoms with Gasteiger partial charge in [0.15, 0.2) is 0 Å². The van der Waals surface area contributed by atoms with Crippen LogP contribution in [0.15, 0.2) is 18.2 Å². The van der Waals surface area contributed by atoms with Crippen LogP contribution >= 0.6 is 11.6 Å². The van der Waals surface area contributed by atoms with Gasteiger partial charge in [-0.15, -0.1) is 0 Å². The second-order valence-electron chi connectivity index (χ2n) is 3.64. The minimum Gasteiger partial charge on any atom is -0.336 e. The van der Waals surface area contributed by atoms with Gasteiger partial charge in [0.2, 0.25) is 0 Å². The van der Waals surface area contributed by atoms with Crippen LogP contribution in [0.1, 0.15) is 10.4 Å². The van der Waals surface area contributed by atoms with Gasteiger partial charge in [0.05, 0.1) is 10.6 Å². The first-order valence-corrected chi connectivity index (χ1v) is 5.52. The number of nitrogens with zero attached hydrogens (tertiary/aromatic N) is 1. The lowest BCUT2D eigenvalue weighted by molar-refractivity contribution is 0.0731. The first kappa shape index (κ1) is 11.4. The van der Waals surface area contributed by atoms with Crippen LogP contribution in [0.25, 0.3) is 0 Å². The van der Waals surface area contributed by atoms with E-state index in [2.05, 4.69) is 5.32 Å². The number of hydrogen-bond acceptors (Lipinski definition) is 2. The van der Waals surface area contributed by atoms with Crippen LogP contribution < -0.4 is 5.32 Å². The number of carbonyl (C=O) groups is 1. The van der Waals surface area contributed by atoms with Crippen LogP contribution in [0.5, 0.6) is 0 Å². The Bertz CT molecular complexity index is 385. The Morgan fingerprint density at radius 1 is 1.38 bits per heavy atom. The fourth-order valence-corrected chi connectivity index (χ4v) is 1.97. The summed E-state index contributed by atoms with van der Waals surface area (Å²) in [7, 11) is 0. The summed E-state index contributed by atoms with van der Waals surface area (Å²) >= 11 is 5.84. The molecule has 2 rings (SSSR count). The van der Waals surface area contributed by atoms with Crippen molar-refractivity contribution in [3.63, 3.8) is 0 Å². The molecule has 0 unspecified atom stereocenters. The number of amides is 1. The van der Waals surface area contributed by atoms with Gasteiger partial charge in [0.25, 0.3) is 5.91 Å². The number of carbonyl (C=O) groups excluding carboxylic acids is 1. The summed E-state index contributed by atoms with van der Waals surface area (Å²) in [6, 6.07) is 4.27. The molecular weight excluding hydrogens is 231 g/mol. The Hall–Kier alpha value is -1.13. The summed E-state index contributed by atoms with van der Waals surface area (Å²) in [6.07, 6.45) is 0. The van der Waals surface area contributed by atoms with Gasteiger partial charge in [0.1, 0.15) is 5.82 Å². The first-order chi connectivity index (χ1) is 7.70. The lowest BCUT2D eigenvalue weighted by atomic mass is 10.1. The average Bonchev–Trinajstić information content (AvgIpc) is 2.30. The van der Waals surface area contributed by atoms with E-state index in [-0.39, 0.29) is 16.5 Å². The minimum atomic E-state index is -0.559. The van der Waals surface area contributed by atoms with Crippen molar-refractivity contribution in [3.05, 3.63) is 34.6 Å². The molecule has 0 radical (unpaired) electrons. The average molecular weight is 243 g/mol. The topological polar surface area (TPSA) is 32.3 Å². The highest BCUT2D eigenvalue weighted by Crippen LogP contribution is 2.20. The smallest absolute Gasteiger partial charge is 0.258 e. The molecule has 1 heterocycles. The van der Waals surface area contributed by atoms with Crippen LogP contribution in [-0.2, 0) is 0 Å². The summed E-state index contributed by atoms with van der Waals surface area (Å²) in [6.45, 7) is 2.64. The fourth-order valence-electron chi connectivity index (χ4n) is 1.73. The van der Waals surface area contributed by atoms with Crippen LogP contribution in [-0.4, -0.2) is 37.0 Å². The molecule has 1 fully saturated rings. The van der Waals surface area contributed by atoms with Gasteiger partial charge in [-0.3, -0.25) is 4.79 Å². The highest BCUT2D eigenvalue weighted by Gasteiger charge is 2.22. The first-order valence-electron chi connectivity index (χ1n) is 5.14. The Morgan fingerprint density at radius 2 is 2.06 bits per heavy atom. The second-order valence-corrected chi connectivity index (χ2v) is 4.05. The standard InChI is InChI=1S/C11H12ClFN2O/c12-8-2-1-3-9(13)10(8)11(16)15-6-4-14-5-7-15/h1-3,14H,4-7H2. The van der Waals surface area contributed by atoms with Crippen molar-refractivity contribution in [2.75, 3.05) is 26.2 Å². The highest BCUT2D eigenvalue weighted by atomic mass is 35.5. The molecule has 0 aliphatic carbocycles. The fraction of sp³-hybridized carbons (Fsp3) is 0.364. The molecule has 1 aliphatic heterocycles. The van der Waals surface area contributed by atoms with E-state index in [1.807, 2.05) is 0 Å². The predicted octanol–water partition coefficient (Wildman–Crippen LogP) is 1.52. The summed E-state index contributed by atoms with van der Waals surface area (Å²) < 4.78 is 13.5. The van der Waals surface area contributed by atoms with Crippen molar-refractivity contribution in [2.45, 2.75) is 0 Å². The Kier molecular flexibility index (Phi) is 3.41. The maximum atomic E-state index is 13.5. The van der Waals surface area contributed by atoms with Crippen LogP contribution in [0.4, 0.5) is 4.39 Å². The number of nitrogens with one attached hydrogen (secondary N) is 1. The Balaban J connectivity index is 2.26. The van der Waals surface area contributed by atoms with E-state index in [9.17, 15) is 9.18 Å². The van der Waals surface area contributed by atoms with Crippen LogP contribution in [0, 0.1) is 5.82 Å². The van der Waals surface area contributed by atoms with Crippen molar-refractivity contribution >= 4 is 17.5 Å². The highest BCUT2D eigenvalue weighted by molar-refractivity contribution is 6.33. The van der Waals surface area contributed by atoms with Gasteiger partial charge < -0.3 is 10.2 Å². The lowest BCUT2D eigenvalue weighted by Crippen LogP contribution is -2.46. The summed E-state index contributed by atoms with van der Waals surface area (Å²) in [5.41, 5.74) is -0.0222. The predicted molar refractivity (Wildman–Crippen MR) is 60.2 cm³/mol. The van der Waals surface area contributed by atoms with E-state index in [1.54, 1.807) is 4.90 Å². The number of piperazine rings is 1. The van der Waals surface area contributed by atoms with Crippen LogP contribution in [0.2, 0.25) is 5.02 Å². The molecule has 0 saturated carbocycles. The van der Waals surface area contributed by atoms with Crippen molar-refractivity contribution < 1.29 is 9.18 Å². The summed E-state index contributed by atoms with van der Waals surface area (Å²) in [5, 5.41) is 3.30. The molecule has 86 valence electrons. The Labute approximate surface area is 98.2 Å². The molecule has 0 bridgehead atoms. The summed E-state index contributed by atoms with van der Waals surface area (Å²) in [5.74, 6) is -0.888. The maximum Gasteiger partial charge on any atom is 0.258 e. The zero-order chi connectivity index (χ0) is 11.5. The lowest BCUT2D eigenvalue weighted by Gasteiger charge is -2.27. The van der Waals surface area contributed by atoms with Gasteiger partial charge >= 0.3 is 0 Å². The molecule has 1 N–H and O–H groups in total. The molecule has 0 atom stereocenters. The van der Waals surface area contributed by atoms with Gasteiger partial charge in [-0.1, -0.05) is 17.7 Å². The molecule has 0 spiro atoms. The molecule has 16 heavy (non-hydrogen) atoms. The third-order valence-corrected chi connectivity index (χ3v) is 2.90. The monoisotopic (exact) mass is 242 g/mol. The zero-order valence-corrected chi connectivity index (χ0v) is 9.43. The number of halogens is 2. The molecule has 1 aromatic carbocycles. The van der Waals surface area contributed by atoms with E-state index in [4.69, 9.17) is 11.6 Å². The SMILES string of the molecule is O=C(c1c(F)cccc1Cl)N1CCNCC1. The quantitative estimate of drug-likeness (QED) is 0.810. The van der Waals surface area contributed by atoms with Gasteiger partial charge in [-0.25, -0.2) is 4.39 Å². The number of hydrogen-bond donors (Lipinski definition) is 1. The van der Waals surface area contributed by atoms with E-state index in [0.29, 0.717) is 13.1 Å². The molecule has 1 amide bonds. The van der Waals surface area contributed by atoms with Crippen molar-refractivity contribution in [1.29, 1.82) is 0 Å². The summed E-state index contributed by atoms with van der Waals surface area (Å²) in [4.78, 5) is 13.6. The third-order valence-electron chi connectivity index (χ3n) is 2.58. The minimum absolute atomic E-state index is 0.0222. The molecule has 5 heteroatoms. The van der Waals surface area contributed by atoms with E-state index >= 15 is 0 Å². The van der Waals surface area contributed by atoms with E-state index in [1.165, 1.54) is 18.2 Å². The van der Waals surface area contributed by atoms with Gasteiger partial charge in [-0.2, -0.15) is 0 Å². The van der Waals surface area contributed by atoms with Crippen LogP contribution in [0.3, 0.4) is 0 Å². The number of benzene rings is 1. The van der Waals surface area contributed by atoms with E-state index < -0.39 is 5.82 Å². The maximum absolute atomic E-state index is 13.5. The van der Waals surface area contributed by atoms with Crippen molar-refractivity contribution in [2.24, 2.45) is 0 Å². The second kappa shape index (κ2) is 4.80. The molecule has 1 aromatic rings. The molecule has 0 aromatic heterocycles. The van der Waals surface area contributed by atoms with Crippen molar-refractivity contribution in [1.82, 2.24) is 10.2 Å². The van der Waals surface area contributed by atoms with Crippen molar-refractivity contribution in [3.8, 4) is 0 Å². The Morgan fingerprint density at radius 3 is 2.69 bits per heavy atom. The molecule has 1 saturated heterocycles. The third kappa shape index (κ3) is 2.18. The molecular formula is C11H12ClFN2O. The normalized spacial score (nSPS) is 16.2.